The Morgan fingerprint density at radius 3 is 2.55 bits per heavy atom. The molecule has 0 bridgehead atoms. The molecule has 1 saturated carbocycles. The minimum atomic E-state index is -0.564. The Labute approximate surface area is 180 Å². The van der Waals surface area contributed by atoms with Crippen LogP contribution in [0.3, 0.4) is 0 Å². The first-order valence-corrected chi connectivity index (χ1v) is 10.5. The number of H-pyrrole nitrogens is 1. The van der Waals surface area contributed by atoms with Crippen molar-refractivity contribution in [2.75, 3.05) is 16.9 Å². The van der Waals surface area contributed by atoms with Gasteiger partial charge in [-0.2, -0.15) is 5.10 Å². The molecule has 0 amide bonds. The van der Waals surface area contributed by atoms with Gasteiger partial charge in [0.1, 0.15) is 17.7 Å². The SMILES string of the molecule is COc1ccc2c(c1)C(N)N(c1cc(C3CC3)[nH]n1)C(N)N2[C@@H](C)c1ccc(F)cc1. The summed E-state index contributed by atoms with van der Waals surface area (Å²) in [4.78, 5) is 4.01. The van der Waals surface area contributed by atoms with Crippen LogP contribution < -0.4 is 26.0 Å². The number of ether oxygens (including phenoxy) is 1. The van der Waals surface area contributed by atoms with Gasteiger partial charge in [0.15, 0.2) is 12.1 Å². The smallest absolute Gasteiger partial charge is 0.158 e. The van der Waals surface area contributed by atoms with Crippen LogP contribution in [0.15, 0.2) is 48.5 Å². The van der Waals surface area contributed by atoms with Gasteiger partial charge in [0.25, 0.3) is 0 Å². The number of benzene rings is 2. The van der Waals surface area contributed by atoms with Gasteiger partial charge in [0.2, 0.25) is 0 Å². The molecule has 2 aromatic carbocycles. The van der Waals surface area contributed by atoms with E-state index in [4.69, 9.17) is 16.2 Å². The Bertz CT molecular complexity index is 1080. The van der Waals surface area contributed by atoms with E-state index in [9.17, 15) is 4.39 Å². The molecule has 5 rings (SSSR count). The Kier molecular flexibility index (Phi) is 4.83. The second kappa shape index (κ2) is 7.55. The van der Waals surface area contributed by atoms with Gasteiger partial charge in [-0.3, -0.25) is 10.8 Å². The van der Waals surface area contributed by atoms with E-state index >= 15 is 0 Å². The molecule has 0 saturated heterocycles. The number of anilines is 2. The lowest BCUT2D eigenvalue weighted by molar-refractivity contribution is 0.409. The zero-order valence-corrected chi connectivity index (χ0v) is 17.6. The van der Waals surface area contributed by atoms with E-state index in [0.29, 0.717) is 11.7 Å². The Hall–Kier alpha value is -3.10. The van der Waals surface area contributed by atoms with Crippen molar-refractivity contribution in [1.29, 1.82) is 0 Å². The zero-order valence-electron chi connectivity index (χ0n) is 17.6. The summed E-state index contributed by atoms with van der Waals surface area (Å²) in [6.45, 7) is 2.05. The standard InChI is InChI=1S/C23H27FN6O/c1-13(14-5-7-16(24)8-6-14)29-20-10-9-17(31-2)11-18(20)22(25)30(23(29)26)21-12-19(27-28-21)15-3-4-15/h5-13,15,22-23H,3-4,25-26H2,1-2H3,(H,27,28)/t13-,22?,23?/m0/s1. The van der Waals surface area contributed by atoms with E-state index in [0.717, 1.165) is 28.3 Å². The van der Waals surface area contributed by atoms with E-state index in [2.05, 4.69) is 22.0 Å². The molecule has 31 heavy (non-hydrogen) atoms. The average molecular weight is 423 g/mol. The number of nitrogens with one attached hydrogen (secondary N) is 1. The molecular formula is C23H27FN6O. The van der Waals surface area contributed by atoms with Gasteiger partial charge in [-0.15, -0.1) is 0 Å². The lowest BCUT2D eigenvalue weighted by Gasteiger charge is -2.49. The van der Waals surface area contributed by atoms with Crippen molar-refractivity contribution in [3.8, 4) is 5.75 Å². The van der Waals surface area contributed by atoms with Gasteiger partial charge in [-0.05, 0) is 55.7 Å². The fourth-order valence-electron chi connectivity index (χ4n) is 4.40. The first-order valence-electron chi connectivity index (χ1n) is 10.5. The molecule has 0 spiro atoms. The molecule has 162 valence electrons. The Morgan fingerprint density at radius 1 is 1.13 bits per heavy atom. The first-order chi connectivity index (χ1) is 15.0. The lowest BCUT2D eigenvalue weighted by atomic mass is 9.99. The third-order valence-electron chi connectivity index (χ3n) is 6.34. The predicted octanol–water partition coefficient (Wildman–Crippen LogP) is 3.72. The topological polar surface area (TPSA) is 96.4 Å². The highest BCUT2D eigenvalue weighted by Gasteiger charge is 2.40. The summed E-state index contributed by atoms with van der Waals surface area (Å²) in [5, 5.41) is 7.68. The summed E-state index contributed by atoms with van der Waals surface area (Å²) in [7, 11) is 1.63. The van der Waals surface area contributed by atoms with Gasteiger partial charge < -0.3 is 20.3 Å². The van der Waals surface area contributed by atoms with Crippen molar-refractivity contribution in [1.82, 2.24) is 10.2 Å². The number of rotatable bonds is 5. The predicted molar refractivity (Wildman–Crippen MR) is 118 cm³/mol. The van der Waals surface area contributed by atoms with Crippen molar-refractivity contribution >= 4 is 11.5 Å². The summed E-state index contributed by atoms with van der Waals surface area (Å²) in [6.07, 6.45) is 1.29. The summed E-state index contributed by atoms with van der Waals surface area (Å²) in [5.41, 5.74) is 17.4. The molecule has 7 nitrogen and oxygen atoms in total. The summed E-state index contributed by atoms with van der Waals surface area (Å²) < 4.78 is 19.0. The van der Waals surface area contributed by atoms with Crippen molar-refractivity contribution in [2.45, 2.75) is 44.2 Å². The summed E-state index contributed by atoms with van der Waals surface area (Å²) in [6, 6.07) is 14.2. The van der Waals surface area contributed by atoms with Crippen LogP contribution in [0.1, 0.15) is 54.7 Å². The molecule has 2 unspecified atom stereocenters. The number of halogens is 1. The van der Waals surface area contributed by atoms with E-state index in [-0.39, 0.29) is 11.9 Å². The lowest BCUT2D eigenvalue weighted by Crippen LogP contribution is -2.61. The molecule has 1 aliphatic heterocycles. The van der Waals surface area contributed by atoms with E-state index < -0.39 is 12.5 Å². The highest BCUT2D eigenvalue weighted by molar-refractivity contribution is 5.66. The highest BCUT2D eigenvalue weighted by Crippen LogP contribution is 2.44. The second-order valence-electron chi connectivity index (χ2n) is 8.28. The van der Waals surface area contributed by atoms with Crippen LogP contribution in [0.2, 0.25) is 0 Å². The van der Waals surface area contributed by atoms with Gasteiger partial charge >= 0.3 is 0 Å². The second-order valence-corrected chi connectivity index (χ2v) is 8.28. The zero-order chi connectivity index (χ0) is 21.7. The number of methoxy groups -OCH3 is 1. The molecule has 1 aromatic heterocycles. The maximum Gasteiger partial charge on any atom is 0.158 e. The minimum Gasteiger partial charge on any atom is -0.497 e. The van der Waals surface area contributed by atoms with E-state index in [1.807, 2.05) is 29.2 Å². The fourth-order valence-corrected chi connectivity index (χ4v) is 4.40. The Balaban J connectivity index is 1.59. The van der Waals surface area contributed by atoms with Gasteiger partial charge in [0, 0.05) is 28.9 Å². The monoisotopic (exact) mass is 422 g/mol. The van der Waals surface area contributed by atoms with E-state index in [1.54, 1.807) is 19.2 Å². The first kappa shape index (κ1) is 19.8. The molecule has 1 fully saturated rings. The quantitative estimate of drug-likeness (QED) is 0.580. The molecule has 2 heterocycles. The van der Waals surface area contributed by atoms with Crippen LogP contribution in [0.4, 0.5) is 15.9 Å². The van der Waals surface area contributed by atoms with Crippen molar-refractivity contribution < 1.29 is 9.13 Å². The molecule has 2 aliphatic rings. The van der Waals surface area contributed by atoms with Crippen LogP contribution in [-0.4, -0.2) is 23.6 Å². The summed E-state index contributed by atoms with van der Waals surface area (Å²) in [5.74, 6) is 1.71. The molecular weight excluding hydrogens is 395 g/mol. The fraction of sp³-hybridized carbons (Fsp3) is 0.348. The van der Waals surface area contributed by atoms with Crippen molar-refractivity contribution in [2.24, 2.45) is 11.5 Å². The number of nitrogens with two attached hydrogens (primary N) is 2. The molecule has 5 N–H and O–H groups in total. The van der Waals surface area contributed by atoms with Crippen LogP contribution >= 0.6 is 0 Å². The van der Waals surface area contributed by atoms with Crippen LogP contribution in [0.5, 0.6) is 5.75 Å². The molecule has 1 aliphatic carbocycles. The molecule has 3 aromatic rings. The average Bonchev–Trinajstić information content (AvgIpc) is 3.52. The number of fused-ring (bicyclic) bond motifs is 1. The van der Waals surface area contributed by atoms with Crippen molar-refractivity contribution in [3.05, 3.63) is 71.2 Å². The molecule has 3 atom stereocenters. The van der Waals surface area contributed by atoms with Gasteiger partial charge in [0.05, 0.1) is 13.2 Å². The number of aromatic amines is 1. The van der Waals surface area contributed by atoms with Crippen LogP contribution in [0, 0.1) is 5.82 Å². The minimum absolute atomic E-state index is 0.125. The normalized spacial score (nSPS) is 21.7. The van der Waals surface area contributed by atoms with Gasteiger partial charge in [-0.25, -0.2) is 4.39 Å². The molecule has 0 radical (unpaired) electrons. The third-order valence-corrected chi connectivity index (χ3v) is 6.34. The Morgan fingerprint density at radius 2 is 1.87 bits per heavy atom. The maximum atomic E-state index is 13.5. The molecule has 8 heteroatoms. The largest absolute Gasteiger partial charge is 0.497 e. The number of nitrogens with zero attached hydrogens (tertiary/aromatic N) is 3. The highest BCUT2D eigenvalue weighted by atomic mass is 19.1. The number of aromatic nitrogens is 2. The maximum absolute atomic E-state index is 13.5. The van der Waals surface area contributed by atoms with E-state index in [1.165, 1.54) is 25.0 Å². The third kappa shape index (κ3) is 3.41. The number of hydrogen-bond donors (Lipinski definition) is 3. The summed E-state index contributed by atoms with van der Waals surface area (Å²) >= 11 is 0. The van der Waals surface area contributed by atoms with Crippen LogP contribution in [-0.2, 0) is 0 Å². The van der Waals surface area contributed by atoms with Crippen LogP contribution in [0.25, 0.3) is 0 Å². The van der Waals surface area contributed by atoms with Gasteiger partial charge in [-0.1, -0.05) is 12.1 Å². The van der Waals surface area contributed by atoms with Crippen molar-refractivity contribution in [3.63, 3.8) is 0 Å². The number of hydrogen-bond acceptors (Lipinski definition) is 6.